The van der Waals surface area contributed by atoms with Crippen LogP contribution >= 0.6 is 11.6 Å². The van der Waals surface area contributed by atoms with E-state index in [9.17, 15) is 13.2 Å². The minimum atomic E-state index is -4.15. The fraction of sp³-hybridized carbons (Fsp3) is 0.571. The number of halogens is 4. The van der Waals surface area contributed by atoms with Gasteiger partial charge < -0.3 is 10.2 Å². The van der Waals surface area contributed by atoms with Crippen LogP contribution < -0.4 is 10.2 Å². The zero-order valence-electron chi connectivity index (χ0n) is 11.9. The van der Waals surface area contributed by atoms with Crippen LogP contribution in [-0.4, -0.2) is 25.8 Å². The largest absolute Gasteiger partial charge is 0.390 e. The molecule has 6 heteroatoms. The molecule has 1 aromatic rings. The van der Waals surface area contributed by atoms with Crippen molar-refractivity contribution in [3.05, 3.63) is 28.8 Å². The van der Waals surface area contributed by atoms with E-state index >= 15 is 0 Å². The maximum absolute atomic E-state index is 12.3. The highest BCUT2D eigenvalue weighted by Gasteiger charge is 2.27. The van der Waals surface area contributed by atoms with Crippen LogP contribution in [0.5, 0.6) is 0 Å². The van der Waals surface area contributed by atoms with E-state index in [2.05, 4.69) is 5.32 Å². The Morgan fingerprint density at radius 1 is 1.30 bits per heavy atom. The zero-order valence-corrected chi connectivity index (χ0v) is 12.6. The van der Waals surface area contributed by atoms with Gasteiger partial charge in [0, 0.05) is 42.5 Å². The summed E-state index contributed by atoms with van der Waals surface area (Å²) >= 11 is 6.16. The standard InChI is InChI=1S/C14H20ClF3N2/c1-10(2)19-9-11-12(15)5-4-6-13(11)20(3)8-7-14(16,17)18/h4-6,10,19H,7-9H2,1-3H3. The summed E-state index contributed by atoms with van der Waals surface area (Å²) in [5.41, 5.74) is 1.56. The molecule has 20 heavy (non-hydrogen) atoms. The predicted octanol–water partition coefficient (Wildman–Crippen LogP) is 4.23. The molecule has 0 amide bonds. The number of anilines is 1. The van der Waals surface area contributed by atoms with Gasteiger partial charge in [0.25, 0.3) is 0 Å². The number of nitrogens with zero attached hydrogens (tertiary/aromatic N) is 1. The van der Waals surface area contributed by atoms with Crippen LogP contribution in [0.4, 0.5) is 18.9 Å². The average Bonchev–Trinajstić information content (AvgIpc) is 2.33. The molecule has 0 aliphatic heterocycles. The van der Waals surface area contributed by atoms with Crippen molar-refractivity contribution < 1.29 is 13.2 Å². The van der Waals surface area contributed by atoms with E-state index in [0.29, 0.717) is 11.6 Å². The number of hydrogen-bond donors (Lipinski definition) is 1. The molecule has 2 nitrogen and oxygen atoms in total. The first kappa shape index (κ1) is 17.1. The zero-order chi connectivity index (χ0) is 15.3. The van der Waals surface area contributed by atoms with Crippen molar-refractivity contribution in [3.63, 3.8) is 0 Å². The molecule has 0 atom stereocenters. The molecular weight excluding hydrogens is 289 g/mol. The monoisotopic (exact) mass is 308 g/mol. The molecule has 0 saturated heterocycles. The van der Waals surface area contributed by atoms with E-state index < -0.39 is 12.6 Å². The number of nitrogens with one attached hydrogen (secondary N) is 1. The fourth-order valence-corrected chi connectivity index (χ4v) is 2.04. The predicted molar refractivity (Wildman–Crippen MR) is 77.4 cm³/mol. The molecule has 1 aromatic carbocycles. The average molecular weight is 309 g/mol. The first-order chi connectivity index (χ1) is 9.20. The van der Waals surface area contributed by atoms with Gasteiger partial charge in [0.15, 0.2) is 0 Å². The van der Waals surface area contributed by atoms with Crippen molar-refractivity contribution >= 4 is 17.3 Å². The van der Waals surface area contributed by atoms with Gasteiger partial charge in [-0.15, -0.1) is 0 Å². The summed E-state index contributed by atoms with van der Waals surface area (Å²) in [6.07, 6.45) is -4.99. The number of alkyl halides is 3. The van der Waals surface area contributed by atoms with E-state index in [1.807, 2.05) is 13.8 Å². The van der Waals surface area contributed by atoms with Crippen molar-refractivity contribution in [2.45, 2.75) is 39.0 Å². The lowest BCUT2D eigenvalue weighted by atomic mass is 10.1. The van der Waals surface area contributed by atoms with Crippen LogP contribution in [0.3, 0.4) is 0 Å². The maximum atomic E-state index is 12.3. The second-order valence-corrected chi connectivity index (χ2v) is 5.47. The Hall–Kier alpha value is -0.940. The van der Waals surface area contributed by atoms with Crippen LogP contribution in [0.1, 0.15) is 25.8 Å². The Morgan fingerprint density at radius 3 is 2.50 bits per heavy atom. The van der Waals surface area contributed by atoms with Crippen molar-refractivity contribution in [1.29, 1.82) is 0 Å². The first-order valence-corrected chi connectivity index (χ1v) is 6.87. The Balaban J connectivity index is 2.84. The molecule has 0 heterocycles. The van der Waals surface area contributed by atoms with Crippen LogP contribution in [0.2, 0.25) is 5.02 Å². The van der Waals surface area contributed by atoms with Crippen LogP contribution in [-0.2, 0) is 6.54 Å². The lowest BCUT2D eigenvalue weighted by Crippen LogP contribution is -2.27. The van der Waals surface area contributed by atoms with Gasteiger partial charge in [0.2, 0.25) is 0 Å². The summed E-state index contributed by atoms with van der Waals surface area (Å²) in [5, 5.41) is 3.80. The van der Waals surface area contributed by atoms with Gasteiger partial charge >= 0.3 is 6.18 Å². The summed E-state index contributed by atoms with van der Waals surface area (Å²) < 4.78 is 36.9. The lowest BCUT2D eigenvalue weighted by Gasteiger charge is -2.24. The van der Waals surface area contributed by atoms with Gasteiger partial charge in [-0.2, -0.15) is 13.2 Å². The van der Waals surface area contributed by atoms with Gasteiger partial charge in [0.05, 0.1) is 6.42 Å². The van der Waals surface area contributed by atoms with Gasteiger partial charge in [0.1, 0.15) is 0 Å². The smallest absolute Gasteiger partial charge is 0.374 e. The summed E-state index contributed by atoms with van der Waals surface area (Å²) in [6, 6.07) is 5.57. The minimum absolute atomic E-state index is 0.0848. The molecule has 0 unspecified atom stereocenters. The topological polar surface area (TPSA) is 15.3 Å². The lowest BCUT2D eigenvalue weighted by molar-refractivity contribution is -0.132. The molecule has 0 aliphatic carbocycles. The van der Waals surface area contributed by atoms with Crippen molar-refractivity contribution in [2.24, 2.45) is 0 Å². The third-order valence-electron chi connectivity index (χ3n) is 2.92. The molecule has 1 N–H and O–H groups in total. The molecule has 0 aromatic heterocycles. The highest BCUT2D eigenvalue weighted by atomic mass is 35.5. The highest BCUT2D eigenvalue weighted by Crippen LogP contribution is 2.28. The van der Waals surface area contributed by atoms with Gasteiger partial charge in [-0.05, 0) is 12.1 Å². The van der Waals surface area contributed by atoms with Crippen molar-refractivity contribution in [2.75, 3.05) is 18.5 Å². The van der Waals surface area contributed by atoms with E-state index in [1.54, 1.807) is 30.1 Å². The van der Waals surface area contributed by atoms with Crippen LogP contribution in [0, 0.1) is 0 Å². The summed E-state index contributed by atoms with van der Waals surface area (Å²) in [7, 11) is 1.65. The van der Waals surface area contributed by atoms with E-state index in [1.165, 1.54) is 0 Å². The quantitative estimate of drug-likeness (QED) is 0.846. The Bertz CT molecular complexity index is 433. The molecular formula is C14H20ClF3N2. The SMILES string of the molecule is CC(C)NCc1c(Cl)cccc1N(C)CCC(F)(F)F. The molecule has 0 bridgehead atoms. The van der Waals surface area contributed by atoms with Gasteiger partial charge in [-0.3, -0.25) is 0 Å². The second kappa shape index (κ2) is 7.18. The Kier molecular flexibility index (Phi) is 6.14. The third kappa shape index (κ3) is 5.59. The summed E-state index contributed by atoms with van der Waals surface area (Å²) in [6.45, 7) is 4.45. The van der Waals surface area contributed by atoms with Gasteiger partial charge in [-0.25, -0.2) is 0 Å². The van der Waals surface area contributed by atoms with Crippen LogP contribution in [0.25, 0.3) is 0 Å². The Labute approximate surface area is 122 Å². The normalized spacial score (nSPS) is 12.0. The number of benzene rings is 1. The Morgan fingerprint density at radius 2 is 1.95 bits per heavy atom. The minimum Gasteiger partial charge on any atom is -0.374 e. The number of rotatable bonds is 6. The van der Waals surface area contributed by atoms with E-state index in [0.717, 1.165) is 11.3 Å². The highest BCUT2D eigenvalue weighted by molar-refractivity contribution is 6.31. The molecule has 0 saturated carbocycles. The maximum Gasteiger partial charge on any atom is 0.390 e. The molecule has 0 aliphatic rings. The third-order valence-corrected chi connectivity index (χ3v) is 3.28. The molecule has 1 rings (SSSR count). The first-order valence-electron chi connectivity index (χ1n) is 6.49. The molecule has 114 valence electrons. The molecule has 0 spiro atoms. The van der Waals surface area contributed by atoms with Crippen molar-refractivity contribution in [3.8, 4) is 0 Å². The second-order valence-electron chi connectivity index (χ2n) is 5.06. The molecule has 0 fully saturated rings. The van der Waals surface area contributed by atoms with E-state index in [-0.39, 0.29) is 12.6 Å². The number of hydrogen-bond acceptors (Lipinski definition) is 2. The van der Waals surface area contributed by atoms with Gasteiger partial charge in [-0.1, -0.05) is 31.5 Å². The van der Waals surface area contributed by atoms with Crippen molar-refractivity contribution in [1.82, 2.24) is 5.32 Å². The summed E-state index contributed by atoms with van der Waals surface area (Å²) in [5.74, 6) is 0. The fourth-order valence-electron chi connectivity index (χ4n) is 1.80. The van der Waals surface area contributed by atoms with E-state index in [4.69, 9.17) is 11.6 Å². The van der Waals surface area contributed by atoms with Crippen LogP contribution in [0.15, 0.2) is 18.2 Å². The summed E-state index contributed by atoms with van der Waals surface area (Å²) in [4.78, 5) is 1.59. The molecule has 0 radical (unpaired) electrons.